The van der Waals surface area contributed by atoms with Crippen LogP contribution in [0.2, 0.25) is 0 Å². The third-order valence-corrected chi connectivity index (χ3v) is 3.06. The number of carbonyl (C=O) groups excluding carboxylic acids is 1. The lowest BCUT2D eigenvalue weighted by Gasteiger charge is -2.04. The van der Waals surface area contributed by atoms with Crippen molar-refractivity contribution in [2.45, 2.75) is 6.92 Å². The zero-order chi connectivity index (χ0) is 12.4. The lowest BCUT2D eigenvalue weighted by Crippen LogP contribution is -2.14. The number of anilines is 1. The van der Waals surface area contributed by atoms with Gasteiger partial charge < -0.3 is 5.32 Å². The smallest absolute Gasteiger partial charge is 0.277 e. The molecule has 1 N–H and O–H groups in total. The number of hydrogen-bond donors (Lipinski definition) is 1. The van der Waals surface area contributed by atoms with Crippen molar-refractivity contribution >= 4 is 27.7 Å². The summed E-state index contributed by atoms with van der Waals surface area (Å²) in [6.07, 6.45) is 3.37. The molecule has 2 heterocycles. The molecule has 2 aromatic heterocycles. The summed E-state index contributed by atoms with van der Waals surface area (Å²) < 4.78 is 2.49. The molecule has 0 saturated heterocycles. The Morgan fingerprint density at radius 1 is 1.53 bits per heavy atom. The molecule has 0 aliphatic carbocycles. The third kappa shape index (κ3) is 2.71. The van der Waals surface area contributed by atoms with Crippen LogP contribution < -0.4 is 5.32 Å². The number of nitrogens with one attached hydrogen (secondary N) is 1. The minimum atomic E-state index is -0.264. The number of hydrogen-bond acceptors (Lipinski definition) is 3. The van der Waals surface area contributed by atoms with Crippen molar-refractivity contribution in [1.29, 1.82) is 0 Å². The maximum atomic E-state index is 11.8. The maximum absolute atomic E-state index is 11.8. The summed E-state index contributed by atoms with van der Waals surface area (Å²) in [6, 6.07) is 3.45. The lowest BCUT2D eigenvalue weighted by atomic mass is 10.3. The molecule has 0 spiro atoms. The molecule has 0 fully saturated rings. The standard InChI is InChI=1S/C11H11BrN4O/c1-7-5-10(13-6-8(7)12)14-11(17)9-3-4-16(2)15-9/h3-6H,1-2H3,(H,13,14,17). The second-order valence-electron chi connectivity index (χ2n) is 3.65. The summed E-state index contributed by atoms with van der Waals surface area (Å²) in [5, 5.41) is 6.71. The Kier molecular flexibility index (Phi) is 3.23. The molecule has 5 nitrogen and oxygen atoms in total. The van der Waals surface area contributed by atoms with Crippen LogP contribution in [0.3, 0.4) is 0 Å². The van der Waals surface area contributed by atoms with Crippen LogP contribution in [-0.2, 0) is 7.05 Å². The molecule has 2 aromatic rings. The van der Waals surface area contributed by atoms with Crippen molar-refractivity contribution in [2.75, 3.05) is 5.32 Å². The monoisotopic (exact) mass is 294 g/mol. The molecular formula is C11H11BrN4O. The van der Waals surface area contributed by atoms with Gasteiger partial charge in [0.1, 0.15) is 5.82 Å². The largest absolute Gasteiger partial charge is 0.305 e. The summed E-state index contributed by atoms with van der Waals surface area (Å²) in [7, 11) is 1.76. The Hall–Kier alpha value is -1.69. The third-order valence-electron chi connectivity index (χ3n) is 2.23. The average Bonchev–Trinajstić information content (AvgIpc) is 2.70. The minimum Gasteiger partial charge on any atom is -0.305 e. The van der Waals surface area contributed by atoms with E-state index in [0.29, 0.717) is 11.5 Å². The number of nitrogens with zero attached hydrogens (tertiary/aromatic N) is 3. The van der Waals surface area contributed by atoms with E-state index in [4.69, 9.17) is 0 Å². The van der Waals surface area contributed by atoms with E-state index in [1.54, 1.807) is 36.3 Å². The fraction of sp³-hybridized carbons (Fsp3) is 0.182. The van der Waals surface area contributed by atoms with Crippen LogP contribution in [0.15, 0.2) is 29.0 Å². The van der Waals surface area contributed by atoms with E-state index in [1.165, 1.54) is 0 Å². The molecule has 0 aliphatic heterocycles. The molecule has 1 amide bonds. The first kappa shape index (κ1) is 11.8. The van der Waals surface area contributed by atoms with Crippen LogP contribution in [-0.4, -0.2) is 20.7 Å². The molecule has 88 valence electrons. The van der Waals surface area contributed by atoms with Crippen molar-refractivity contribution < 1.29 is 4.79 Å². The first-order valence-corrected chi connectivity index (χ1v) is 5.78. The van der Waals surface area contributed by atoms with Gasteiger partial charge in [0.25, 0.3) is 5.91 Å². The molecule has 6 heteroatoms. The number of aromatic nitrogens is 3. The molecule has 17 heavy (non-hydrogen) atoms. The van der Waals surface area contributed by atoms with E-state index in [9.17, 15) is 4.79 Å². The van der Waals surface area contributed by atoms with Gasteiger partial charge in [-0.3, -0.25) is 9.48 Å². The number of aryl methyl sites for hydroxylation is 2. The van der Waals surface area contributed by atoms with Gasteiger partial charge in [-0.2, -0.15) is 5.10 Å². The van der Waals surface area contributed by atoms with Crippen LogP contribution >= 0.6 is 15.9 Å². The summed E-state index contributed by atoms with van der Waals surface area (Å²) in [5.41, 5.74) is 1.38. The predicted octanol–water partition coefficient (Wildman–Crippen LogP) is 2.14. The first-order valence-electron chi connectivity index (χ1n) is 4.99. The zero-order valence-corrected chi connectivity index (χ0v) is 11.0. The highest BCUT2D eigenvalue weighted by molar-refractivity contribution is 9.10. The van der Waals surface area contributed by atoms with E-state index >= 15 is 0 Å². The van der Waals surface area contributed by atoms with Gasteiger partial charge in [-0.15, -0.1) is 0 Å². The number of amides is 1. The number of pyridine rings is 1. The van der Waals surface area contributed by atoms with Crippen molar-refractivity contribution in [1.82, 2.24) is 14.8 Å². The Labute approximate surface area is 107 Å². The maximum Gasteiger partial charge on any atom is 0.277 e. The first-order chi connectivity index (χ1) is 8.06. The van der Waals surface area contributed by atoms with Crippen molar-refractivity contribution in [3.8, 4) is 0 Å². The highest BCUT2D eigenvalue weighted by atomic mass is 79.9. The van der Waals surface area contributed by atoms with Crippen molar-refractivity contribution in [3.63, 3.8) is 0 Å². The van der Waals surface area contributed by atoms with E-state index in [-0.39, 0.29) is 5.91 Å². The molecule has 0 atom stereocenters. The Balaban J connectivity index is 2.15. The molecule has 0 saturated carbocycles. The molecular weight excluding hydrogens is 284 g/mol. The van der Waals surface area contributed by atoms with E-state index < -0.39 is 0 Å². The summed E-state index contributed by atoms with van der Waals surface area (Å²) in [4.78, 5) is 15.9. The van der Waals surface area contributed by atoms with Gasteiger partial charge in [0, 0.05) is 23.9 Å². The van der Waals surface area contributed by atoms with Crippen molar-refractivity contribution in [3.05, 3.63) is 40.3 Å². The minimum absolute atomic E-state index is 0.264. The summed E-state index contributed by atoms with van der Waals surface area (Å²) in [5.74, 6) is 0.251. The van der Waals surface area contributed by atoms with Crippen LogP contribution in [0.4, 0.5) is 5.82 Å². The Morgan fingerprint density at radius 2 is 2.29 bits per heavy atom. The highest BCUT2D eigenvalue weighted by Gasteiger charge is 2.10. The van der Waals surface area contributed by atoms with E-state index in [0.717, 1.165) is 10.0 Å². The molecule has 0 unspecified atom stereocenters. The molecule has 0 aliphatic rings. The quantitative estimate of drug-likeness (QED) is 0.923. The predicted molar refractivity (Wildman–Crippen MR) is 67.8 cm³/mol. The number of rotatable bonds is 2. The van der Waals surface area contributed by atoms with Crippen LogP contribution in [0, 0.1) is 6.92 Å². The highest BCUT2D eigenvalue weighted by Crippen LogP contribution is 2.17. The normalized spacial score (nSPS) is 10.3. The SMILES string of the molecule is Cc1cc(NC(=O)c2ccn(C)n2)ncc1Br. The van der Waals surface area contributed by atoms with Gasteiger partial charge in [-0.05, 0) is 40.5 Å². The second-order valence-corrected chi connectivity index (χ2v) is 4.50. The Morgan fingerprint density at radius 3 is 2.88 bits per heavy atom. The fourth-order valence-corrected chi connectivity index (χ4v) is 1.54. The van der Waals surface area contributed by atoms with Gasteiger partial charge in [-0.1, -0.05) is 0 Å². The van der Waals surface area contributed by atoms with Crippen LogP contribution in [0.25, 0.3) is 0 Å². The van der Waals surface area contributed by atoms with Gasteiger partial charge in [0.05, 0.1) is 0 Å². The van der Waals surface area contributed by atoms with Crippen molar-refractivity contribution in [2.24, 2.45) is 7.05 Å². The molecule has 0 bridgehead atoms. The summed E-state index contributed by atoms with van der Waals surface area (Å²) >= 11 is 3.35. The molecule has 0 radical (unpaired) electrons. The van der Waals surface area contributed by atoms with Gasteiger partial charge in [-0.25, -0.2) is 4.98 Å². The van der Waals surface area contributed by atoms with Gasteiger partial charge in [0.2, 0.25) is 0 Å². The number of halogens is 1. The Bertz CT molecular complexity index is 564. The van der Waals surface area contributed by atoms with Gasteiger partial charge >= 0.3 is 0 Å². The zero-order valence-electron chi connectivity index (χ0n) is 9.44. The van der Waals surface area contributed by atoms with Gasteiger partial charge in [0.15, 0.2) is 5.69 Å². The van der Waals surface area contributed by atoms with Crippen LogP contribution in [0.1, 0.15) is 16.1 Å². The van der Waals surface area contributed by atoms with E-state index in [1.807, 2.05) is 6.92 Å². The molecule has 2 rings (SSSR count). The number of carbonyl (C=O) groups is 1. The molecule has 0 aromatic carbocycles. The topological polar surface area (TPSA) is 59.8 Å². The van der Waals surface area contributed by atoms with Crippen LogP contribution in [0.5, 0.6) is 0 Å². The lowest BCUT2D eigenvalue weighted by molar-refractivity contribution is 0.102. The van der Waals surface area contributed by atoms with E-state index in [2.05, 4.69) is 31.3 Å². The summed E-state index contributed by atoms with van der Waals surface area (Å²) in [6.45, 7) is 1.93. The average molecular weight is 295 g/mol. The second kappa shape index (κ2) is 4.67. The fourth-order valence-electron chi connectivity index (χ4n) is 1.32.